The molecular formula is C15H21Cl2NO. The lowest BCUT2D eigenvalue weighted by Gasteiger charge is -2.24. The van der Waals surface area contributed by atoms with Crippen molar-refractivity contribution in [2.24, 2.45) is 5.73 Å². The average Bonchev–Trinajstić information content (AvgIpc) is 2.42. The van der Waals surface area contributed by atoms with Gasteiger partial charge in [0.1, 0.15) is 0 Å². The maximum absolute atomic E-state index is 6.19. The van der Waals surface area contributed by atoms with Gasteiger partial charge in [0.05, 0.1) is 6.10 Å². The highest BCUT2D eigenvalue weighted by Gasteiger charge is 2.16. The van der Waals surface area contributed by atoms with E-state index in [9.17, 15) is 0 Å². The van der Waals surface area contributed by atoms with Crippen molar-refractivity contribution in [3.63, 3.8) is 0 Å². The summed E-state index contributed by atoms with van der Waals surface area (Å²) in [7, 11) is 0. The predicted octanol–water partition coefficient (Wildman–Crippen LogP) is 4.21. The number of ether oxygens (including phenoxy) is 1. The van der Waals surface area contributed by atoms with Crippen LogP contribution >= 0.6 is 23.2 Å². The molecule has 2 nitrogen and oxygen atoms in total. The van der Waals surface area contributed by atoms with Gasteiger partial charge in [0.25, 0.3) is 0 Å². The maximum Gasteiger partial charge on any atom is 0.0575 e. The fourth-order valence-electron chi connectivity index (χ4n) is 2.53. The quantitative estimate of drug-likeness (QED) is 0.884. The minimum Gasteiger partial charge on any atom is -0.378 e. The summed E-state index contributed by atoms with van der Waals surface area (Å²) >= 11 is 12.3. The van der Waals surface area contributed by atoms with Gasteiger partial charge in [0.2, 0.25) is 0 Å². The van der Waals surface area contributed by atoms with Crippen LogP contribution in [0.15, 0.2) is 18.2 Å². The zero-order valence-electron chi connectivity index (χ0n) is 11.1. The standard InChI is InChI=1S/C15H21Cl2NO/c16-14-5-3-6-15(17)13(14)10-11(18)7-8-12-4-1-2-9-19-12/h3,5-6,11-12H,1-2,4,7-10,18H2. The van der Waals surface area contributed by atoms with E-state index in [1.165, 1.54) is 19.3 Å². The second kappa shape index (κ2) is 7.49. The third-order valence-electron chi connectivity index (χ3n) is 3.66. The second-order valence-electron chi connectivity index (χ2n) is 5.23. The van der Waals surface area contributed by atoms with E-state index in [0.717, 1.165) is 31.4 Å². The van der Waals surface area contributed by atoms with E-state index in [-0.39, 0.29) is 6.04 Å². The molecule has 19 heavy (non-hydrogen) atoms. The van der Waals surface area contributed by atoms with E-state index in [0.29, 0.717) is 16.1 Å². The van der Waals surface area contributed by atoms with Gasteiger partial charge in [-0.25, -0.2) is 0 Å². The zero-order chi connectivity index (χ0) is 13.7. The molecule has 0 aromatic heterocycles. The number of nitrogens with two attached hydrogens (primary N) is 1. The van der Waals surface area contributed by atoms with Crippen LogP contribution in [0.2, 0.25) is 10.0 Å². The number of rotatable bonds is 5. The van der Waals surface area contributed by atoms with Gasteiger partial charge >= 0.3 is 0 Å². The lowest BCUT2D eigenvalue weighted by Crippen LogP contribution is -2.27. The molecule has 1 fully saturated rings. The molecule has 4 heteroatoms. The van der Waals surface area contributed by atoms with Gasteiger partial charge in [-0.3, -0.25) is 0 Å². The van der Waals surface area contributed by atoms with Crippen LogP contribution in [0, 0.1) is 0 Å². The third kappa shape index (κ3) is 4.64. The van der Waals surface area contributed by atoms with Crippen LogP contribution < -0.4 is 5.73 Å². The van der Waals surface area contributed by atoms with Gasteiger partial charge in [0.15, 0.2) is 0 Å². The van der Waals surface area contributed by atoms with Crippen molar-refractivity contribution in [2.45, 2.75) is 50.7 Å². The van der Waals surface area contributed by atoms with Crippen molar-refractivity contribution in [3.05, 3.63) is 33.8 Å². The number of halogens is 2. The molecule has 2 atom stereocenters. The van der Waals surface area contributed by atoms with Crippen molar-refractivity contribution >= 4 is 23.2 Å². The first kappa shape index (κ1) is 15.1. The minimum absolute atomic E-state index is 0.0860. The SMILES string of the molecule is NC(CCC1CCCCO1)Cc1c(Cl)cccc1Cl. The molecule has 1 aromatic carbocycles. The Morgan fingerprint density at radius 3 is 2.63 bits per heavy atom. The average molecular weight is 302 g/mol. The number of hydrogen-bond donors (Lipinski definition) is 1. The van der Waals surface area contributed by atoms with E-state index in [1.54, 1.807) is 0 Å². The van der Waals surface area contributed by atoms with Crippen molar-refractivity contribution in [1.29, 1.82) is 0 Å². The minimum atomic E-state index is 0.0860. The Balaban J connectivity index is 1.82. The van der Waals surface area contributed by atoms with Crippen molar-refractivity contribution < 1.29 is 4.74 Å². The Bertz CT molecular complexity index is 385. The van der Waals surface area contributed by atoms with Gasteiger partial charge in [-0.1, -0.05) is 29.3 Å². The van der Waals surface area contributed by atoms with Crippen molar-refractivity contribution in [1.82, 2.24) is 0 Å². The normalized spacial score (nSPS) is 21.3. The molecule has 0 amide bonds. The largest absolute Gasteiger partial charge is 0.378 e. The highest BCUT2D eigenvalue weighted by molar-refractivity contribution is 6.35. The van der Waals surface area contributed by atoms with Gasteiger partial charge in [-0.2, -0.15) is 0 Å². The molecule has 106 valence electrons. The van der Waals surface area contributed by atoms with Crippen LogP contribution in [-0.4, -0.2) is 18.8 Å². The molecule has 0 bridgehead atoms. The van der Waals surface area contributed by atoms with Crippen LogP contribution in [0.4, 0.5) is 0 Å². The van der Waals surface area contributed by atoms with Crippen LogP contribution in [0.25, 0.3) is 0 Å². The molecule has 2 N–H and O–H groups in total. The molecule has 0 saturated carbocycles. The lowest BCUT2D eigenvalue weighted by molar-refractivity contribution is 0.00916. The summed E-state index contributed by atoms with van der Waals surface area (Å²) in [6.07, 6.45) is 6.73. The van der Waals surface area contributed by atoms with E-state index in [2.05, 4.69) is 0 Å². The summed E-state index contributed by atoms with van der Waals surface area (Å²) in [4.78, 5) is 0. The van der Waals surface area contributed by atoms with Gasteiger partial charge in [0, 0.05) is 22.7 Å². The molecule has 2 rings (SSSR count). The second-order valence-corrected chi connectivity index (χ2v) is 6.04. The molecular weight excluding hydrogens is 281 g/mol. The first-order valence-corrected chi connectivity index (χ1v) is 7.72. The number of benzene rings is 1. The van der Waals surface area contributed by atoms with Gasteiger partial charge in [-0.05, 0) is 56.2 Å². The predicted molar refractivity (Wildman–Crippen MR) is 81.0 cm³/mol. The van der Waals surface area contributed by atoms with Gasteiger partial charge < -0.3 is 10.5 Å². The summed E-state index contributed by atoms with van der Waals surface area (Å²) in [5.41, 5.74) is 7.15. The molecule has 1 aliphatic rings. The summed E-state index contributed by atoms with van der Waals surface area (Å²) in [6.45, 7) is 0.899. The summed E-state index contributed by atoms with van der Waals surface area (Å²) in [5, 5.41) is 1.41. The summed E-state index contributed by atoms with van der Waals surface area (Å²) < 4.78 is 5.72. The van der Waals surface area contributed by atoms with Crippen molar-refractivity contribution in [3.8, 4) is 0 Å². The molecule has 1 saturated heterocycles. The topological polar surface area (TPSA) is 35.2 Å². The molecule has 1 aliphatic heterocycles. The monoisotopic (exact) mass is 301 g/mol. The van der Waals surface area contributed by atoms with Crippen LogP contribution in [0.1, 0.15) is 37.7 Å². The first-order chi connectivity index (χ1) is 9.16. The van der Waals surface area contributed by atoms with E-state index < -0.39 is 0 Å². The lowest BCUT2D eigenvalue weighted by atomic mass is 9.98. The Labute approximate surface area is 125 Å². The Morgan fingerprint density at radius 2 is 2.00 bits per heavy atom. The maximum atomic E-state index is 6.19. The van der Waals surface area contributed by atoms with Crippen molar-refractivity contribution in [2.75, 3.05) is 6.61 Å². The van der Waals surface area contributed by atoms with E-state index >= 15 is 0 Å². The molecule has 0 radical (unpaired) electrons. The highest BCUT2D eigenvalue weighted by Crippen LogP contribution is 2.26. The first-order valence-electron chi connectivity index (χ1n) is 6.97. The van der Waals surface area contributed by atoms with E-state index in [1.807, 2.05) is 18.2 Å². The molecule has 0 aliphatic carbocycles. The fourth-order valence-corrected chi connectivity index (χ4v) is 3.08. The van der Waals surface area contributed by atoms with Gasteiger partial charge in [-0.15, -0.1) is 0 Å². The zero-order valence-corrected chi connectivity index (χ0v) is 12.6. The van der Waals surface area contributed by atoms with E-state index in [4.69, 9.17) is 33.7 Å². The Morgan fingerprint density at radius 1 is 1.26 bits per heavy atom. The fraction of sp³-hybridized carbons (Fsp3) is 0.600. The van der Waals surface area contributed by atoms with Crippen LogP contribution in [0.5, 0.6) is 0 Å². The Kier molecular flexibility index (Phi) is 5.96. The highest BCUT2D eigenvalue weighted by atomic mass is 35.5. The van der Waals surface area contributed by atoms with Crippen LogP contribution in [0.3, 0.4) is 0 Å². The third-order valence-corrected chi connectivity index (χ3v) is 4.37. The molecule has 0 spiro atoms. The summed E-state index contributed by atoms with van der Waals surface area (Å²) in [6, 6.07) is 5.66. The molecule has 1 heterocycles. The summed E-state index contributed by atoms with van der Waals surface area (Å²) in [5.74, 6) is 0. The molecule has 2 unspecified atom stereocenters. The molecule has 1 aromatic rings. The number of hydrogen-bond acceptors (Lipinski definition) is 2. The smallest absolute Gasteiger partial charge is 0.0575 e. The Hall–Kier alpha value is -0.280. The van der Waals surface area contributed by atoms with Crippen LogP contribution in [-0.2, 0) is 11.2 Å².